The Kier molecular flexibility index (Phi) is 9.56. The minimum absolute atomic E-state index is 0. The lowest BCUT2D eigenvalue weighted by molar-refractivity contribution is -0.0520. The molecule has 3 aromatic rings. The maximum absolute atomic E-state index is 12.9. The minimum atomic E-state index is -2.94. The summed E-state index contributed by atoms with van der Waals surface area (Å²) in [5, 5.41) is 8.32. The molecule has 0 bridgehead atoms. The Balaban J connectivity index is 0.00000320. The lowest BCUT2D eigenvalue weighted by Crippen LogP contribution is -2.36. The SMILES string of the molecule is CCNC(=NCc1cccc(OCC)c1OC(F)F)NCc1cn2ccsc2n1.I. The molecule has 0 amide bonds. The number of hydrogen-bond donors (Lipinski definition) is 2. The van der Waals surface area contributed by atoms with Crippen LogP contribution in [-0.2, 0) is 13.1 Å². The predicted octanol–water partition coefficient (Wildman–Crippen LogP) is 4.27. The topological polar surface area (TPSA) is 72.2 Å². The zero-order valence-corrected chi connectivity index (χ0v) is 19.7. The Bertz CT molecular complexity index is 935. The summed E-state index contributed by atoms with van der Waals surface area (Å²) in [6.45, 7) is 2.42. The van der Waals surface area contributed by atoms with Crippen LogP contribution in [0.2, 0.25) is 0 Å². The first-order valence-corrected chi connectivity index (χ1v) is 10.1. The number of rotatable bonds is 9. The fraction of sp³-hybridized carbons (Fsp3) is 0.368. The van der Waals surface area contributed by atoms with Crippen molar-refractivity contribution in [3.05, 3.63) is 47.2 Å². The monoisotopic (exact) mass is 551 g/mol. The molecule has 164 valence electrons. The summed E-state index contributed by atoms with van der Waals surface area (Å²) in [5.41, 5.74) is 1.39. The average molecular weight is 551 g/mol. The molecule has 0 unspecified atom stereocenters. The van der Waals surface area contributed by atoms with Crippen molar-refractivity contribution in [3.63, 3.8) is 0 Å². The summed E-state index contributed by atoms with van der Waals surface area (Å²) in [5.74, 6) is 0.837. The van der Waals surface area contributed by atoms with Gasteiger partial charge in [-0.1, -0.05) is 12.1 Å². The van der Waals surface area contributed by atoms with Crippen molar-refractivity contribution in [2.45, 2.75) is 33.5 Å². The van der Waals surface area contributed by atoms with Crippen LogP contribution in [0.4, 0.5) is 8.78 Å². The number of aromatic nitrogens is 2. The molecule has 0 radical (unpaired) electrons. The molecular weight excluding hydrogens is 527 g/mol. The van der Waals surface area contributed by atoms with E-state index >= 15 is 0 Å². The van der Waals surface area contributed by atoms with Crippen molar-refractivity contribution in [1.82, 2.24) is 20.0 Å². The largest absolute Gasteiger partial charge is 0.490 e. The number of benzene rings is 1. The number of fused-ring (bicyclic) bond motifs is 1. The lowest BCUT2D eigenvalue weighted by Gasteiger charge is -2.15. The molecule has 3 rings (SSSR count). The smallest absolute Gasteiger partial charge is 0.387 e. The van der Waals surface area contributed by atoms with Crippen LogP contribution in [0.3, 0.4) is 0 Å². The molecule has 1 aromatic carbocycles. The molecule has 2 N–H and O–H groups in total. The highest BCUT2D eigenvalue weighted by atomic mass is 127. The number of para-hydroxylation sites is 1. The highest BCUT2D eigenvalue weighted by Crippen LogP contribution is 2.33. The molecule has 2 heterocycles. The Hall–Kier alpha value is -2.15. The standard InChI is InChI=1S/C19H23F2N5O2S.HI/c1-3-22-18(24-11-14-12-26-8-9-29-19(26)25-14)23-10-13-6-5-7-15(27-4-2)16(13)28-17(20)21;/h5-9,12,17H,3-4,10-11H2,1-2H3,(H2,22,23,24);1H. The van der Waals surface area contributed by atoms with Crippen molar-refractivity contribution in [2.75, 3.05) is 13.2 Å². The van der Waals surface area contributed by atoms with Crippen LogP contribution < -0.4 is 20.1 Å². The summed E-state index contributed by atoms with van der Waals surface area (Å²) in [6, 6.07) is 5.02. The van der Waals surface area contributed by atoms with Gasteiger partial charge < -0.3 is 20.1 Å². The van der Waals surface area contributed by atoms with E-state index in [2.05, 4.69) is 20.6 Å². The Morgan fingerprint density at radius 3 is 2.83 bits per heavy atom. The van der Waals surface area contributed by atoms with Crippen LogP contribution in [-0.4, -0.2) is 35.1 Å². The van der Waals surface area contributed by atoms with E-state index in [4.69, 9.17) is 9.47 Å². The molecule has 2 aromatic heterocycles. The lowest BCUT2D eigenvalue weighted by atomic mass is 10.2. The second-order valence-electron chi connectivity index (χ2n) is 5.93. The van der Waals surface area contributed by atoms with Gasteiger partial charge in [-0.25, -0.2) is 9.98 Å². The van der Waals surface area contributed by atoms with Gasteiger partial charge in [0, 0.05) is 29.9 Å². The highest BCUT2D eigenvalue weighted by Gasteiger charge is 2.15. The van der Waals surface area contributed by atoms with Crippen LogP contribution in [0.25, 0.3) is 4.96 Å². The van der Waals surface area contributed by atoms with Gasteiger partial charge in [0.1, 0.15) is 0 Å². The van der Waals surface area contributed by atoms with Gasteiger partial charge in [0.2, 0.25) is 0 Å². The Morgan fingerprint density at radius 1 is 1.30 bits per heavy atom. The van der Waals surface area contributed by atoms with Gasteiger partial charge >= 0.3 is 6.61 Å². The quantitative estimate of drug-likeness (QED) is 0.236. The number of guanidine groups is 1. The van der Waals surface area contributed by atoms with Crippen LogP contribution >= 0.6 is 35.3 Å². The molecule has 0 aliphatic heterocycles. The van der Waals surface area contributed by atoms with Gasteiger partial charge in [0.05, 0.1) is 25.4 Å². The molecule has 0 aliphatic rings. The second kappa shape index (κ2) is 11.9. The van der Waals surface area contributed by atoms with Crippen LogP contribution in [0.5, 0.6) is 11.5 Å². The number of halogens is 3. The predicted molar refractivity (Wildman–Crippen MR) is 124 cm³/mol. The summed E-state index contributed by atoms with van der Waals surface area (Å²) in [6.07, 6.45) is 3.90. The summed E-state index contributed by atoms with van der Waals surface area (Å²) in [7, 11) is 0. The van der Waals surface area contributed by atoms with Crippen molar-refractivity contribution >= 4 is 46.2 Å². The van der Waals surface area contributed by atoms with Crippen molar-refractivity contribution < 1.29 is 18.3 Å². The maximum Gasteiger partial charge on any atom is 0.387 e. The first-order chi connectivity index (χ1) is 14.1. The van der Waals surface area contributed by atoms with Crippen molar-refractivity contribution in [2.24, 2.45) is 4.99 Å². The van der Waals surface area contributed by atoms with Gasteiger partial charge in [0.15, 0.2) is 22.4 Å². The number of imidazole rings is 1. The fourth-order valence-corrected chi connectivity index (χ4v) is 3.44. The van der Waals surface area contributed by atoms with Crippen LogP contribution in [0.1, 0.15) is 25.1 Å². The molecule has 7 nitrogen and oxygen atoms in total. The van der Waals surface area contributed by atoms with Gasteiger partial charge in [-0.15, -0.1) is 35.3 Å². The van der Waals surface area contributed by atoms with Crippen molar-refractivity contribution in [3.8, 4) is 11.5 Å². The number of nitrogens with zero attached hydrogens (tertiary/aromatic N) is 3. The number of thiazole rings is 1. The van der Waals surface area contributed by atoms with Gasteiger partial charge in [-0.05, 0) is 19.9 Å². The minimum Gasteiger partial charge on any atom is -0.490 e. The molecular formula is C19H24F2IN5O2S. The molecule has 0 saturated heterocycles. The molecule has 11 heteroatoms. The number of ether oxygens (including phenoxy) is 2. The highest BCUT2D eigenvalue weighted by molar-refractivity contribution is 14.0. The van der Waals surface area contributed by atoms with E-state index in [0.717, 1.165) is 10.7 Å². The maximum atomic E-state index is 12.9. The van der Waals surface area contributed by atoms with Crippen LogP contribution in [0, 0.1) is 0 Å². The second-order valence-corrected chi connectivity index (χ2v) is 6.80. The third kappa shape index (κ3) is 6.42. The zero-order valence-electron chi connectivity index (χ0n) is 16.6. The molecule has 30 heavy (non-hydrogen) atoms. The third-order valence-electron chi connectivity index (χ3n) is 3.90. The fourth-order valence-electron chi connectivity index (χ4n) is 2.72. The average Bonchev–Trinajstić information content (AvgIpc) is 3.27. The van der Waals surface area contributed by atoms with E-state index in [-0.39, 0.29) is 42.0 Å². The number of aliphatic imine (C=N–C) groups is 1. The van der Waals surface area contributed by atoms with E-state index in [1.807, 2.05) is 29.1 Å². The van der Waals surface area contributed by atoms with Crippen molar-refractivity contribution in [1.29, 1.82) is 0 Å². The van der Waals surface area contributed by atoms with E-state index in [9.17, 15) is 8.78 Å². The van der Waals surface area contributed by atoms with E-state index in [1.165, 1.54) is 0 Å². The van der Waals surface area contributed by atoms with Gasteiger partial charge in [0.25, 0.3) is 0 Å². The third-order valence-corrected chi connectivity index (χ3v) is 4.67. The molecule has 0 saturated carbocycles. The number of alkyl halides is 2. The summed E-state index contributed by atoms with van der Waals surface area (Å²) < 4.78 is 37.8. The molecule has 0 fully saturated rings. The van der Waals surface area contributed by atoms with E-state index in [0.29, 0.717) is 31.2 Å². The van der Waals surface area contributed by atoms with Gasteiger partial charge in [-0.3, -0.25) is 4.40 Å². The number of nitrogens with one attached hydrogen (secondary N) is 2. The molecule has 0 aliphatic carbocycles. The zero-order chi connectivity index (χ0) is 20.6. The Morgan fingerprint density at radius 2 is 2.13 bits per heavy atom. The normalized spacial score (nSPS) is 11.4. The Labute approximate surface area is 194 Å². The number of hydrogen-bond acceptors (Lipinski definition) is 5. The van der Waals surface area contributed by atoms with Crippen LogP contribution in [0.15, 0.2) is 41.0 Å². The first kappa shape index (κ1) is 24.1. The molecule has 0 spiro atoms. The summed E-state index contributed by atoms with van der Waals surface area (Å²) >= 11 is 1.56. The molecule has 0 atom stereocenters. The summed E-state index contributed by atoms with van der Waals surface area (Å²) in [4.78, 5) is 9.93. The van der Waals surface area contributed by atoms with E-state index in [1.54, 1.807) is 36.5 Å². The van der Waals surface area contributed by atoms with Gasteiger partial charge in [-0.2, -0.15) is 8.78 Å². The van der Waals surface area contributed by atoms with E-state index < -0.39 is 6.61 Å². The first-order valence-electron chi connectivity index (χ1n) is 9.23.